The second-order valence-electron chi connectivity index (χ2n) is 5.24. The number of anilines is 1. The summed E-state index contributed by atoms with van der Waals surface area (Å²) in [4.78, 5) is 8.61. The first-order valence-corrected chi connectivity index (χ1v) is 7.51. The maximum absolute atomic E-state index is 9.53. The van der Waals surface area contributed by atoms with Gasteiger partial charge in [0.1, 0.15) is 28.9 Å². The molecule has 2 N–H and O–H groups in total. The van der Waals surface area contributed by atoms with Crippen molar-refractivity contribution in [2.45, 2.75) is 0 Å². The number of pyridine rings is 2. The molecule has 6 heteroatoms. The summed E-state index contributed by atoms with van der Waals surface area (Å²) < 4.78 is 10.6. The Morgan fingerprint density at radius 2 is 1.72 bits per heavy atom. The zero-order valence-corrected chi connectivity index (χ0v) is 13.9. The molecule has 0 radical (unpaired) electrons. The Kier molecular flexibility index (Phi) is 4.48. The van der Waals surface area contributed by atoms with Crippen molar-refractivity contribution in [3.05, 3.63) is 54.2 Å². The first-order valence-electron chi connectivity index (χ1n) is 7.51. The number of methoxy groups -OCH3 is 2. The van der Waals surface area contributed by atoms with E-state index in [1.54, 1.807) is 32.5 Å². The molecule has 6 nitrogen and oxygen atoms in total. The zero-order valence-electron chi connectivity index (χ0n) is 13.9. The minimum atomic E-state index is 0.155. The van der Waals surface area contributed by atoms with E-state index in [2.05, 4.69) is 16.0 Å². The van der Waals surface area contributed by atoms with E-state index in [9.17, 15) is 5.26 Å². The molecule has 0 atom stereocenters. The molecule has 2 aromatic heterocycles. The van der Waals surface area contributed by atoms with Crippen molar-refractivity contribution in [2.75, 3.05) is 20.0 Å². The van der Waals surface area contributed by atoms with Crippen LogP contribution in [-0.2, 0) is 0 Å². The lowest BCUT2D eigenvalue weighted by atomic mass is 9.99. The second-order valence-corrected chi connectivity index (χ2v) is 5.24. The summed E-state index contributed by atoms with van der Waals surface area (Å²) in [7, 11) is 3.15. The standard InChI is InChI=1S/C19H16N4O2/c1-24-13-7-12(8-14(9-13)25-2)15-10-18(17-5-3-4-6-22-17)23-19(21)16(15)11-20/h3-10H,1-2H3,(H2,21,23). The average molecular weight is 332 g/mol. The summed E-state index contributed by atoms with van der Waals surface area (Å²) in [6.45, 7) is 0. The van der Waals surface area contributed by atoms with Gasteiger partial charge in [-0.3, -0.25) is 4.98 Å². The van der Waals surface area contributed by atoms with Gasteiger partial charge < -0.3 is 15.2 Å². The second kappa shape index (κ2) is 6.89. The molecule has 2 heterocycles. The zero-order chi connectivity index (χ0) is 17.8. The molecular weight excluding hydrogens is 316 g/mol. The highest BCUT2D eigenvalue weighted by molar-refractivity contribution is 5.80. The molecule has 1 aromatic carbocycles. The van der Waals surface area contributed by atoms with Crippen LogP contribution in [0.4, 0.5) is 5.82 Å². The van der Waals surface area contributed by atoms with Crippen LogP contribution in [0.5, 0.6) is 11.5 Å². The topological polar surface area (TPSA) is 94.1 Å². The number of aromatic nitrogens is 2. The summed E-state index contributed by atoms with van der Waals surface area (Å²) in [5, 5.41) is 9.53. The van der Waals surface area contributed by atoms with E-state index in [0.717, 1.165) is 5.56 Å². The minimum Gasteiger partial charge on any atom is -0.497 e. The monoisotopic (exact) mass is 332 g/mol. The lowest BCUT2D eigenvalue weighted by Gasteiger charge is -2.12. The molecular formula is C19H16N4O2. The molecule has 0 aliphatic rings. The van der Waals surface area contributed by atoms with Crippen LogP contribution < -0.4 is 15.2 Å². The van der Waals surface area contributed by atoms with Crippen molar-refractivity contribution in [3.8, 4) is 40.1 Å². The van der Waals surface area contributed by atoms with Crippen molar-refractivity contribution in [3.63, 3.8) is 0 Å². The molecule has 0 bridgehead atoms. The maximum atomic E-state index is 9.53. The lowest BCUT2D eigenvalue weighted by Crippen LogP contribution is -2.00. The number of nitriles is 1. The van der Waals surface area contributed by atoms with Crippen LogP contribution >= 0.6 is 0 Å². The molecule has 0 fully saturated rings. The highest BCUT2D eigenvalue weighted by Gasteiger charge is 2.15. The van der Waals surface area contributed by atoms with E-state index in [-0.39, 0.29) is 5.82 Å². The Balaban J connectivity index is 2.25. The number of nitrogens with zero attached hydrogens (tertiary/aromatic N) is 3. The summed E-state index contributed by atoms with van der Waals surface area (Å²) in [6, 6.07) is 14.9. The number of hydrogen-bond donors (Lipinski definition) is 1. The molecule has 3 aromatic rings. The Hall–Kier alpha value is -3.59. The fraction of sp³-hybridized carbons (Fsp3) is 0.105. The highest BCUT2D eigenvalue weighted by Crippen LogP contribution is 2.35. The Morgan fingerprint density at radius 1 is 1.00 bits per heavy atom. The molecule has 124 valence electrons. The Bertz CT molecular complexity index is 927. The van der Waals surface area contributed by atoms with Gasteiger partial charge in [-0.1, -0.05) is 6.07 Å². The van der Waals surface area contributed by atoms with Gasteiger partial charge in [-0.25, -0.2) is 4.98 Å². The predicted octanol–water partition coefficient (Wildman–Crippen LogP) is 3.28. The molecule has 0 aliphatic carbocycles. The van der Waals surface area contributed by atoms with Crippen LogP contribution in [0.15, 0.2) is 48.7 Å². The maximum Gasteiger partial charge on any atom is 0.142 e. The van der Waals surface area contributed by atoms with Crippen LogP contribution in [0, 0.1) is 11.3 Å². The van der Waals surface area contributed by atoms with Gasteiger partial charge in [0.15, 0.2) is 0 Å². The molecule has 0 amide bonds. The van der Waals surface area contributed by atoms with Gasteiger partial charge in [0.05, 0.1) is 25.6 Å². The SMILES string of the molecule is COc1cc(OC)cc(-c2cc(-c3ccccn3)nc(N)c2C#N)c1. The highest BCUT2D eigenvalue weighted by atomic mass is 16.5. The number of hydrogen-bond acceptors (Lipinski definition) is 6. The van der Waals surface area contributed by atoms with Crippen molar-refractivity contribution in [1.29, 1.82) is 5.26 Å². The molecule has 3 rings (SSSR count). The smallest absolute Gasteiger partial charge is 0.142 e. The van der Waals surface area contributed by atoms with Gasteiger partial charge in [-0.05, 0) is 35.9 Å². The van der Waals surface area contributed by atoms with E-state index in [0.29, 0.717) is 34.0 Å². The minimum absolute atomic E-state index is 0.155. The van der Waals surface area contributed by atoms with Gasteiger partial charge >= 0.3 is 0 Å². The van der Waals surface area contributed by atoms with Gasteiger partial charge in [0.25, 0.3) is 0 Å². The van der Waals surface area contributed by atoms with Gasteiger partial charge in [-0.15, -0.1) is 0 Å². The fourth-order valence-electron chi connectivity index (χ4n) is 2.52. The van der Waals surface area contributed by atoms with E-state index >= 15 is 0 Å². The van der Waals surface area contributed by atoms with Crippen molar-refractivity contribution >= 4 is 5.82 Å². The summed E-state index contributed by atoms with van der Waals surface area (Å²) >= 11 is 0. The van der Waals surface area contributed by atoms with Gasteiger partial charge in [0, 0.05) is 17.8 Å². The number of nitrogen functional groups attached to an aromatic ring is 1. The number of benzene rings is 1. The Labute approximate surface area is 145 Å². The lowest BCUT2D eigenvalue weighted by molar-refractivity contribution is 0.394. The van der Waals surface area contributed by atoms with Crippen molar-refractivity contribution in [1.82, 2.24) is 9.97 Å². The van der Waals surface area contributed by atoms with Crippen LogP contribution in [0.25, 0.3) is 22.5 Å². The van der Waals surface area contributed by atoms with Crippen LogP contribution in [0.3, 0.4) is 0 Å². The molecule has 0 saturated heterocycles. The van der Waals surface area contributed by atoms with E-state index in [1.165, 1.54) is 0 Å². The number of rotatable bonds is 4. The molecule has 0 saturated carbocycles. The largest absolute Gasteiger partial charge is 0.497 e. The van der Waals surface area contributed by atoms with E-state index in [1.807, 2.05) is 30.3 Å². The molecule has 25 heavy (non-hydrogen) atoms. The van der Waals surface area contributed by atoms with Gasteiger partial charge in [0.2, 0.25) is 0 Å². The number of nitrogens with two attached hydrogens (primary N) is 1. The molecule has 0 unspecified atom stereocenters. The fourth-order valence-corrected chi connectivity index (χ4v) is 2.52. The quantitative estimate of drug-likeness (QED) is 0.788. The molecule has 0 aliphatic heterocycles. The van der Waals surface area contributed by atoms with Gasteiger partial charge in [-0.2, -0.15) is 5.26 Å². The van der Waals surface area contributed by atoms with Crippen LogP contribution in [-0.4, -0.2) is 24.2 Å². The van der Waals surface area contributed by atoms with Crippen LogP contribution in [0.2, 0.25) is 0 Å². The first-order chi connectivity index (χ1) is 12.2. The summed E-state index contributed by atoms with van der Waals surface area (Å²) in [5.41, 5.74) is 8.99. The average Bonchev–Trinajstić information content (AvgIpc) is 2.67. The summed E-state index contributed by atoms with van der Waals surface area (Å²) in [5.74, 6) is 1.39. The van der Waals surface area contributed by atoms with E-state index in [4.69, 9.17) is 15.2 Å². The molecule has 0 spiro atoms. The van der Waals surface area contributed by atoms with Crippen LogP contribution in [0.1, 0.15) is 5.56 Å². The van der Waals surface area contributed by atoms with Crippen molar-refractivity contribution < 1.29 is 9.47 Å². The van der Waals surface area contributed by atoms with Crippen molar-refractivity contribution in [2.24, 2.45) is 0 Å². The third-order valence-corrected chi connectivity index (χ3v) is 3.75. The third-order valence-electron chi connectivity index (χ3n) is 3.75. The third kappa shape index (κ3) is 3.21. The Morgan fingerprint density at radius 3 is 2.28 bits per heavy atom. The van der Waals surface area contributed by atoms with E-state index < -0.39 is 0 Å². The normalized spacial score (nSPS) is 10.1. The first kappa shape index (κ1) is 16.3. The summed E-state index contributed by atoms with van der Waals surface area (Å²) in [6.07, 6.45) is 1.68. The number of ether oxygens (including phenoxy) is 2. The predicted molar refractivity (Wildman–Crippen MR) is 95.1 cm³/mol.